The van der Waals surface area contributed by atoms with Gasteiger partial charge >= 0.3 is 0 Å². The van der Waals surface area contributed by atoms with Crippen molar-refractivity contribution in [3.8, 4) is 0 Å². The van der Waals surface area contributed by atoms with Gasteiger partial charge in [0.05, 0.1) is 5.02 Å². The molecule has 6 nitrogen and oxygen atoms in total. The highest BCUT2D eigenvalue weighted by atomic mass is 35.5. The van der Waals surface area contributed by atoms with Crippen molar-refractivity contribution in [2.24, 2.45) is 0 Å². The van der Waals surface area contributed by atoms with Crippen LogP contribution in [0.2, 0.25) is 5.02 Å². The number of nitrogens with zero attached hydrogens (tertiary/aromatic N) is 3. The normalized spacial score (nSPS) is 13.1. The molecule has 3 aromatic rings. The van der Waals surface area contributed by atoms with Gasteiger partial charge < -0.3 is 10.2 Å². The highest BCUT2D eigenvalue weighted by molar-refractivity contribution is 6.31. The second-order valence-corrected chi connectivity index (χ2v) is 7.65. The second kappa shape index (κ2) is 8.28. The molecule has 0 spiro atoms. The van der Waals surface area contributed by atoms with Crippen LogP contribution in [0.1, 0.15) is 16.8 Å². The Morgan fingerprint density at radius 3 is 2.73 bits per heavy atom. The van der Waals surface area contributed by atoms with Crippen LogP contribution < -0.4 is 15.8 Å². The molecule has 0 unspecified atom stereocenters. The number of halogens is 2. The maximum Gasteiger partial charge on any atom is 0.255 e. The Balaban J connectivity index is 1.60. The standard InChI is InChI=1S/C22H20ClFN4O2/c1-14-10-21(30)28(13-20(29)26-17-6-7-19(24)18(23)11-17)22(25-14)27-9-8-15-4-2-3-5-16(15)12-27/h2-7,10-11H,8-9,12-13H2,1H3,(H,26,29). The lowest BCUT2D eigenvalue weighted by Crippen LogP contribution is -2.38. The van der Waals surface area contributed by atoms with Crippen molar-refractivity contribution in [2.75, 3.05) is 16.8 Å². The smallest absolute Gasteiger partial charge is 0.255 e. The summed E-state index contributed by atoms with van der Waals surface area (Å²) in [5.41, 5.74) is 3.10. The zero-order valence-corrected chi connectivity index (χ0v) is 17.1. The van der Waals surface area contributed by atoms with Crippen LogP contribution in [-0.2, 0) is 24.3 Å². The molecule has 0 bridgehead atoms. The van der Waals surface area contributed by atoms with Crippen molar-refractivity contribution < 1.29 is 9.18 Å². The first-order valence-electron chi connectivity index (χ1n) is 9.56. The number of aryl methyl sites for hydroxylation is 1. The third-order valence-electron chi connectivity index (χ3n) is 5.03. The van der Waals surface area contributed by atoms with Gasteiger partial charge in [0, 0.05) is 30.5 Å². The molecule has 8 heteroatoms. The summed E-state index contributed by atoms with van der Waals surface area (Å²) in [6.45, 7) is 2.85. The molecule has 1 aliphatic rings. The van der Waals surface area contributed by atoms with Crippen molar-refractivity contribution in [2.45, 2.75) is 26.4 Å². The van der Waals surface area contributed by atoms with Crippen LogP contribution in [0, 0.1) is 12.7 Å². The molecule has 0 radical (unpaired) electrons. The fraction of sp³-hybridized carbons (Fsp3) is 0.227. The summed E-state index contributed by atoms with van der Waals surface area (Å²) < 4.78 is 14.7. The fourth-order valence-electron chi connectivity index (χ4n) is 3.58. The number of anilines is 2. The Morgan fingerprint density at radius 1 is 1.20 bits per heavy atom. The van der Waals surface area contributed by atoms with Crippen molar-refractivity contribution in [3.63, 3.8) is 0 Å². The van der Waals surface area contributed by atoms with Gasteiger partial charge in [-0.1, -0.05) is 35.9 Å². The van der Waals surface area contributed by atoms with Crippen LogP contribution in [0.3, 0.4) is 0 Å². The van der Waals surface area contributed by atoms with Crippen LogP contribution in [-0.4, -0.2) is 22.0 Å². The van der Waals surface area contributed by atoms with Crippen molar-refractivity contribution in [1.29, 1.82) is 0 Å². The molecule has 0 saturated heterocycles. The summed E-state index contributed by atoms with van der Waals surface area (Å²) in [5.74, 6) is -0.535. The van der Waals surface area contributed by atoms with Crippen LogP contribution >= 0.6 is 11.6 Å². The van der Waals surface area contributed by atoms with Crippen LogP contribution in [0.5, 0.6) is 0 Å². The fourth-order valence-corrected chi connectivity index (χ4v) is 3.76. The largest absolute Gasteiger partial charge is 0.337 e. The number of aromatic nitrogens is 2. The number of carbonyl (C=O) groups excluding carboxylic acids is 1. The molecule has 154 valence electrons. The number of rotatable bonds is 4. The quantitative estimate of drug-likeness (QED) is 0.692. The van der Waals surface area contributed by atoms with Gasteiger partial charge in [-0.3, -0.25) is 14.2 Å². The molecule has 1 N–H and O–H groups in total. The molecule has 4 rings (SSSR count). The number of carbonyl (C=O) groups is 1. The monoisotopic (exact) mass is 426 g/mol. The predicted molar refractivity (Wildman–Crippen MR) is 114 cm³/mol. The molecular weight excluding hydrogens is 407 g/mol. The number of hydrogen-bond acceptors (Lipinski definition) is 4. The zero-order valence-electron chi connectivity index (χ0n) is 16.4. The van der Waals surface area contributed by atoms with Crippen LogP contribution in [0.15, 0.2) is 53.3 Å². The minimum atomic E-state index is -0.568. The van der Waals surface area contributed by atoms with E-state index in [4.69, 9.17) is 11.6 Å². The van der Waals surface area contributed by atoms with E-state index < -0.39 is 11.7 Å². The van der Waals surface area contributed by atoms with E-state index in [1.165, 1.54) is 40.0 Å². The highest BCUT2D eigenvalue weighted by Crippen LogP contribution is 2.23. The van der Waals surface area contributed by atoms with E-state index in [0.29, 0.717) is 30.4 Å². The summed E-state index contributed by atoms with van der Waals surface area (Å²) in [4.78, 5) is 31.8. The van der Waals surface area contributed by atoms with E-state index in [9.17, 15) is 14.0 Å². The average molecular weight is 427 g/mol. The SMILES string of the molecule is Cc1cc(=O)n(CC(=O)Nc2ccc(F)c(Cl)c2)c(N2CCc3ccccc3C2)n1. The van der Waals surface area contributed by atoms with Gasteiger partial charge in [0.25, 0.3) is 5.56 Å². The third kappa shape index (κ3) is 4.21. The zero-order chi connectivity index (χ0) is 21.3. The van der Waals surface area contributed by atoms with E-state index in [0.717, 1.165) is 6.42 Å². The molecule has 2 heterocycles. The molecule has 1 aliphatic heterocycles. The maximum absolute atomic E-state index is 13.3. The Morgan fingerprint density at radius 2 is 1.97 bits per heavy atom. The summed E-state index contributed by atoms with van der Waals surface area (Å²) in [7, 11) is 0. The lowest BCUT2D eigenvalue weighted by molar-refractivity contribution is -0.116. The summed E-state index contributed by atoms with van der Waals surface area (Å²) in [6.07, 6.45) is 0.834. The summed E-state index contributed by atoms with van der Waals surface area (Å²) in [6, 6.07) is 13.5. The topological polar surface area (TPSA) is 67.2 Å². The van der Waals surface area contributed by atoms with Crippen LogP contribution in [0.4, 0.5) is 16.0 Å². The first-order chi connectivity index (χ1) is 14.4. The first-order valence-corrected chi connectivity index (χ1v) is 9.93. The lowest BCUT2D eigenvalue weighted by atomic mass is 10.0. The number of amides is 1. The van der Waals surface area contributed by atoms with E-state index in [1.54, 1.807) is 6.92 Å². The number of fused-ring (bicyclic) bond motifs is 1. The molecule has 0 saturated carbocycles. The van der Waals surface area contributed by atoms with E-state index in [2.05, 4.69) is 22.4 Å². The van der Waals surface area contributed by atoms with Crippen molar-refractivity contribution in [3.05, 3.63) is 86.5 Å². The Hall–Kier alpha value is -3.19. The van der Waals surface area contributed by atoms with Crippen LogP contribution in [0.25, 0.3) is 0 Å². The van der Waals surface area contributed by atoms with E-state index >= 15 is 0 Å². The third-order valence-corrected chi connectivity index (χ3v) is 5.32. The molecule has 0 aliphatic carbocycles. The van der Waals surface area contributed by atoms with Gasteiger partial charge in [-0.25, -0.2) is 9.37 Å². The van der Waals surface area contributed by atoms with Gasteiger partial charge in [-0.05, 0) is 42.7 Å². The van der Waals surface area contributed by atoms with Gasteiger partial charge in [0.1, 0.15) is 12.4 Å². The van der Waals surface area contributed by atoms with Crippen molar-refractivity contribution in [1.82, 2.24) is 9.55 Å². The highest BCUT2D eigenvalue weighted by Gasteiger charge is 2.22. The minimum absolute atomic E-state index is 0.0883. The summed E-state index contributed by atoms with van der Waals surface area (Å²) >= 11 is 5.77. The second-order valence-electron chi connectivity index (χ2n) is 7.24. The molecule has 30 heavy (non-hydrogen) atoms. The Bertz CT molecular complexity index is 1180. The van der Waals surface area contributed by atoms with Gasteiger partial charge in [0.2, 0.25) is 11.9 Å². The number of hydrogen-bond donors (Lipinski definition) is 1. The molecule has 2 aromatic carbocycles. The number of nitrogens with one attached hydrogen (secondary N) is 1. The van der Waals surface area contributed by atoms with Gasteiger partial charge in [-0.15, -0.1) is 0 Å². The average Bonchev–Trinajstić information content (AvgIpc) is 2.72. The molecule has 0 atom stereocenters. The first kappa shape index (κ1) is 20.1. The van der Waals surface area contributed by atoms with E-state index in [1.807, 2.05) is 17.0 Å². The molecular formula is C22H20ClFN4O2. The Labute approximate surface area is 177 Å². The minimum Gasteiger partial charge on any atom is -0.337 e. The number of benzene rings is 2. The Kier molecular flexibility index (Phi) is 5.55. The predicted octanol–water partition coefficient (Wildman–Crippen LogP) is 3.55. The lowest BCUT2D eigenvalue weighted by Gasteiger charge is -2.31. The summed E-state index contributed by atoms with van der Waals surface area (Å²) in [5, 5.41) is 2.56. The molecule has 1 amide bonds. The molecule has 1 aromatic heterocycles. The van der Waals surface area contributed by atoms with E-state index in [-0.39, 0.29) is 17.1 Å². The van der Waals surface area contributed by atoms with Crippen molar-refractivity contribution >= 4 is 29.1 Å². The van der Waals surface area contributed by atoms with Gasteiger partial charge in [0.15, 0.2) is 0 Å². The van der Waals surface area contributed by atoms with Gasteiger partial charge in [-0.2, -0.15) is 0 Å². The molecule has 0 fully saturated rings. The maximum atomic E-state index is 13.3.